The highest BCUT2D eigenvalue weighted by Crippen LogP contribution is 2.33. The normalized spacial score (nSPS) is 16.2. The first kappa shape index (κ1) is 18.4. The molecule has 2 aromatic carbocycles. The molecule has 0 fully saturated rings. The van der Waals surface area contributed by atoms with Gasteiger partial charge < -0.3 is 5.32 Å². The molecule has 0 heterocycles. The molecule has 1 atom stereocenters. The molecule has 1 aliphatic rings. The van der Waals surface area contributed by atoms with E-state index in [2.05, 4.69) is 17.4 Å². The fourth-order valence-corrected chi connectivity index (χ4v) is 3.64. The van der Waals surface area contributed by atoms with Gasteiger partial charge in [0.15, 0.2) is 0 Å². The molecule has 0 saturated heterocycles. The van der Waals surface area contributed by atoms with Crippen LogP contribution >= 0.6 is 11.6 Å². The minimum atomic E-state index is -0.553. The van der Waals surface area contributed by atoms with Crippen molar-refractivity contribution in [1.29, 1.82) is 0 Å². The van der Waals surface area contributed by atoms with Gasteiger partial charge in [-0.25, -0.2) is 0 Å². The van der Waals surface area contributed by atoms with Crippen molar-refractivity contribution in [3.05, 3.63) is 68.7 Å². The second kappa shape index (κ2) is 7.85. The van der Waals surface area contributed by atoms with Gasteiger partial charge in [0.1, 0.15) is 5.69 Å². The van der Waals surface area contributed by atoms with E-state index in [0.29, 0.717) is 0 Å². The molecule has 0 bridgehead atoms. The van der Waals surface area contributed by atoms with E-state index in [1.807, 2.05) is 24.1 Å². The van der Waals surface area contributed by atoms with Crippen molar-refractivity contribution >= 4 is 28.9 Å². The largest absolute Gasteiger partial charge is 0.319 e. The first-order chi connectivity index (χ1) is 12.5. The summed E-state index contributed by atoms with van der Waals surface area (Å²) >= 11 is 5.81. The number of likely N-dealkylation sites (N-methyl/N-ethyl adjacent to an activating group) is 1. The Bertz CT molecular complexity index is 841. The van der Waals surface area contributed by atoms with E-state index in [-0.39, 0.29) is 34.9 Å². The van der Waals surface area contributed by atoms with Crippen molar-refractivity contribution in [3.8, 4) is 0 Å². The first-order valence-corrected chi connectivity index (χ1v) is 8.85. The van der Waals surface area contributed by atoms with Crippen LogP contribution in [0.3, 0.4) is 0 Å². The number of fused-ring (bicyclic) bond motifs is 1. The van der Waals surface area contributed by atoms with Gasteiger partial charge in [0.2, 0.25) is 5.91 Å². The smallest absolute Gasteiger partial charge is 0.294 e. The average Bonchev–Trinajstić information content (AvgIpc) is 2.62. The highest BCUT2D eigenvalue weighted by molar-refractivity contribution is 6.31. The third kappa shape index (κ3) is 4.03. The number of carbonyl (C=O) groups is 1. The topological polar surface area (TPSA) is 75.5 Å². The van der Waals surface area contributed by atoms with E-state index in [0.717, 1.165) is 19.3 Å². The van der Waals surface area contributed by atoms with E-state index in [1.54, 1.807) is 0 Å². The molecule has 2 aromatic rings. The Labute approximate surface area is 156 Å². The quantitative estimate of drug-likeness (QED) is 0.629. The second-order valence-corrected chi connectivity index (χ2v) is 6.93. The number of anilines is 1. The number of hydrogen-bond acceptors (Lipinski definition) is 4. The Morgan fingerprint density at radius 2 is 2.12 bits per heavy atom. The van der Waals surface area contributed by atoms with Gasteiger partial charge in [0, 0.05) is 17.1 Å². The van der Waals surface area contributed by atoms with Gasteiger partial charge in [-0.05, 0) is 49.6 Å². The molecule has 0 saturated carbocycles. The van der Waals surface area contributed by atoms with Crippen LogP contribution in [0.1, 0.15) is 30.0 Å². The van der Waals surface area contributed by atoms with E-state index < -0.39 is 4.92 Å². The molecular weight excluding hydrogens is 354 g/mol. The maximum atomic E-state index is 12.4. The summed E-state index contributed by atoms with van der Waals surface area (Å²) in [5.74, 6) is -0.291. The zero-order valence-corrected chi connectivity index (χ0v) is 15.2. The number of aryl methyl sites for hydroxylation is 1. The van der Waals surface area contributed by atoms with Gasteiger partial charge in [-0.2, -0.15) is 0 Å². The zero-order valence-electron chi connectivity index (χ0n) is 14.4. The molecule has 0 unspecified atom stereocenters. The van der Waals surface area contributed by atoms with Crippen molar-refractivity contribution in [2.75, 3.05) is 18.9 Å². The van der Waals surface area contributed by atoms with Crippen molar-refractivity contribution in [2.45, 2.75) is 25.3 Å². The summed E-state index contributed by atoms with van der Waals surface area (Å²) < 4.78 is 0. The van der Waals surface area contributed by atoms with Crippen molar-refractivity contribution in [2.24, 2.45) is 0 Å². The van der Waals surface area contributed by atoms with Crippen LogP contribution in [0.25, 0.3) is 0 Å². The molecule has 136 valence electrons. The summed E-state index contributed by atoms with van der Waals surface area (Å²) in [6.45, 7) is 0.152. The molecule has 7 heteroatoms. The molecule has 1 aliphatic carbocycles. The predicted molar refractivity (Wildman–Crippen MR) is 101 cm³/mol. The molecule has 0 aliphatic heterocycles. The van der Waals surface area contributed by atoms with Crippen LogP contribution in [0.2, 0.25) is 5.02 Å². The summed E-state index contributed by atoms with van der Waals surface area (Å²) in [7, 11) is 1.91. The minimum absolute atomic E-state index is 0.152. The van der Waals surface area contributed by atoms with Gasteiger partial charge in [-0.3, -0.25) is 19.8 Å². The molecule has 3 rings (SSSR count). The minimum Gasteiger partial charge on any atom is -0.319 e. The van der Waals surface area contributed by atoms with Crippen LogP contribution in [0.4, 0.5) is 11.4 Å². The number of hydrogen-bond donors (Lipinski definition) is 1. The summed E-state index contributed by atoms with van der Waals surface area (Å²) in [6, 6.07) is 12.7. The van der Waals surface area contributed by atoms with Crippen molar-refractivity contribution in [3.63, 3.8) is 0 Å². The molecular formula is C19H20ClN3O3. The fraction of sp³-hybridized carbons (Fsp3) is 0.316. The standard InChI is InChI=1S/C19H20ClN3O3/c1-22(17-8-4-6-13-5-2-3-7-15(13)17)12-19(24)21-16-10-9-14(20)11-18(16)23(25)26/h2-3,5,7,9-11,17H,4,6,8,12H2,1H3,(H,21,24)/t17-/m0/s1. The zero-order chi connectivity index (χ0) is 18.7. The second-order valence-electron chi connectivity index (χ2n) is 6.49. The first-order valence-electron chi connectivity index (χ1n) is 8.47. The van der Waals surface area contributed by atoms with Gasteiger partial charge >= 0.3 is 0 Å². The Kier molecular flexibility index (Phi) is 5.54. The van der Waals surface area contributed by atoms with Crippen molar-refractivity contribution < 1.29 is 9.72 Å². The van der Waals surface area contributed by atoms with Crippen LogP contribution in [0.5, 0.6) is 0 Å². The molecule has 26 heavy (non-hydrogen) atoms. The van der Waals surface area contributed by atoms with Crippen LogP contribution < -0.4 is 5.32 Å². The number of rotatable bonds is 5. The lowest BCUT2D eigenvalue weighted by atomic mass is 9.87. The van der Waals surface area contributed by atoms with Gasteiger partial charge in [0.25, 0.3) is 5.69 Å². The summed E-state index contributed by atoms with van der Waals surface area (Å²) in [4.78, 5) is 25.0. The lowest BCUT2D eigenvalue weighted by Crippen LogP contribution is -2.35. The average molecular weight is 374 g/mol. The molecule has 6 nitrogen and oxygen atoms in total. The highest BCUT2D eigenvalue weighted by Gasteiger charge is 2.25. The fourth-order valence-electron chi connectivity index (χ4n) is 3.47. The van der Waals surface area contributed by atoms with E-state index >= 15 is 0 Å². The Morgan fingerprint density at radius 1 is 1.35 bits per heavy atom. The van der Waals surface area contributed by atoms with Crippen LogP contribution in [-0.2, 0) is 11.2 Å². The van der Waals surface area contributed by atoms with Crippen LogP contribution in [-0.4, -0.2) is 29.3 Å². The molecule has 1 N–H and O–H groups in total. The maximum Gasteiger partial charge on any atom is 0.294 e. The summed E-state index contributed by atoms with van der Waals surface area (Å²) in [5, 5.41) is 14.0. The molecule has 1 amide bonds. The number of halogens is 1. The monoisotopic (exact) mass is 373 g/mol. The summed E-state index contributed by atoms with van der Waals surface area (Å²) in [6.07, 6.45) is 3.13. The van der Waals surface area contributed by atoms with Crippen LogP contribution in [0, 0.1) is 10.1 Å². The lowest BCUT2D eigenvalue weighted by Gasteiger charge is -2.32. The van der Waals surface area contributed by atoms with Crippen LogP contribution in [0.15, 0.2) is 42.5 Å². The SMILES string of the molecule is CN(CC(=O)Nc1ccc(Cl)cc1[N+](=O)[O-])[C@H]1CCCc2ccccc21. The summed E-state index contributed by atoms with van der Waals surface area (Å²) in [5.41, 5.74) is 2.52. The van der Waals surface area contributed by atoms with Gasteiger partial charge in [-0.1, -0.05) is 35.9 Å². The number of benzene rings is 2. The maximum absolute atomic E-state index is 12.4. The van der Waals surface area contributed by atoms with E-state index in [1.165, 1.54) is 29.3 Å². The molecule has 0 radical (unpaired) electrons. The Hall–Kier alpha value is -2.44. The number of amides is 1. The number of nitro groups is 1. The predicted octanol–water partition coefficient (Wildman–Crippen LogP) is 4.20. The Morgan fingerprint density at radius 3 is 2.88 bits per heavy atom. The van der Waals surface area contributed by atoms with Gasteiger partial charge in [0.05, 0.1) is 11.5 Å². The lowest BCUT2D eigenvalue weighted by molar-refractivity contribution is -0.383. The third-order valence-electron chi connectivity index (χ3n) is 4.69. The third-order valence-corrected chi connectivity index (χ3v) is 4.93. The number of carbonyl (C=O) groups excluding carboxylic acids is 1. The molecule has 0 spiro atoms. The van der Waals surface area contributed by atoms with Gasteiger partial charge in [-0.15, -0.1) is 0 Å². The number of nitrogens with one attached hydrogen (secondary N) is 1. The number of nitrogens with zero attached hydrogens (tertiary/aromatic N) is 2. The highest BCUT2D eigenvalue weighted by atomic mass is 35.5. The van der Waals surface area contributed by atoms with E-state index in [9.17, 15) is 14.9 Å². The van der Waals surface area contributed by atoms with Crippen molar-refractivity contribution in [1.82, 2.24) is 4.90 Å². The van der Waals surface area contributed by atoms with E-state index in [4.69, 9.17) is 11.6 Å². The number of nitro benzene ring substituents is 1. The Balaban J connectivity index is 1.71. The molecule has 0 aromatic heterocycles.